The number of hydrogen-bond acceptors (Lipinski definition) is 3. The summed E-state index contributed by atoms with van der Waals surface area (Å²) < 4.78 is 28.3. The van der Waals surface area contributed by atoms with Crippen LogP contribution in [-0.2, 0) is 10.0 Å². The van der Waals surface area contributed by atoms with E-state index >= 15 is 0 Å². The molecule has 0 aliphatic rings. The molecule has 3 aromatic rings. The van der Waals surface area contributed by atoms with Gasteiger partial charge in [0.05, 0.1) is 22.3 Å². The molecule has 0 fully saturated rings. The van der Waals surface area contributed by atoms with E-state index in [0.717, 1.165) is 15.4 Å². The molecule has 3 rings (SSSR count). The van der Waals surface area contributed by atoms with Crippen molar-refractivity contribution in [3.05, 3.63) is 52.6 Å². The first kappa shape index (κ1) is 14.1. The van der Waals surface area contributed by atoms with Crippen LogP contribution in [0.25, 0.3) is 10.9 Å². The highest BCUT2D eigenvalue weighted by molar-refractivity contribution is 9.10. The zero-order chi connectivity index (χ0) is 15.0. The van der Waals surface area contributed by atoms with Gasteiger partial charge in [-0.15, -0.1) is 0 Å². The number of nitrogens with one attached hydrogen (secondary N) is 2. The minimum absolute atomic E-state index is 0.251. The second-order valence-corrected chi connectivity index (χ2v) is 7.25. The molecule has 0 atom stereocenters. The summed E-state index contributed by atoms with van der Waals surface area (Å²) in [5.41, 5.74) is 1.96. The third kappa shape index (κ3) is 2.79. The Morgan fingerprint density at radius 3 is 2.81 bits per heavy atom. The van der Waals surface area contributed by atoms with E-state index in [1.807, 2.05) is 12.1 Å². The molecule has 108 valence electrons. The first-order valence-corrected chi connectivity index (χ1v) is 8.45. The van der Waals surface area contributed by atoms with E-state index < -0.39 is 10.0 Å². The molecule has 1 heterocycles. The maximum absolute atomic E-state index is 12.5. The smallest absolute Gasteiger partial charge is 0.262 e. The average molecular weight is 366 g/mol. The molecule has 0 unspecified atom stereocenters. The molecule has 21 heavy (non-hydrogen) atoms. The fourth-order valence-electron chi connectivity index (χ4n) is 2.07. The van der Waals surface area contributed by atoms with E-state index in [4.69, 9.17) is 0 Å². The number of fused-ring (bicyclic) bond motifs is 1. The van der Waals surface area contributed by atoms with Crippen molar-refractivity contribution in [2.24, 2.45) is 0 Å². The topological polar surface area (TPSA) is 74.8 Å². The van der Waals surface area contributed by atoms with Crippen molar-refractivity contribution in [1.29, 1.82) is 0 Å². The molecule has 7 heteroatoms. The lowest BCUT2D eigenvalue weighted by Crippen LogP contribution is -2.14. The van der Waals surface area contributed by atoms with Crippen molar-refractivity contribution >= 4 is 42.5 Å². The summed E-state index contributed by atoms with van der Waals surface area (Å²) in [5, 5.41) is 7.66. The van der Waals surface area contributed by atoms with Gasteiger partial charge in [0.1, 0.15) is 0 Å². The molecule has 2 N–H and O–H groups in total. The normalized spacial score (nSPS) is 11.7. The maximum atomic E-state index is 12.5. The number of aryl methyl sites for hydroxylation is 1. The minimum Gasteiger partial charge on any atom is -0.280 e. The predicted molar refractivity (Wildman–Crippen MR) is 85.8 cm³/mol. The molecule has 0 aliphatic carbocycles. The quantitative estimate of drug-likeness (QED) is 0.746. The van der Waals surface area contributed by atoms with Gasteiger partial charge in [-0.25, -0.2) is 8.42 Å². The third-order valence-electron chi connectivity index (χ3n) is 3.13. The van der Waals surface area contributed by atoms with Crippen LogP contribution in [0.2, 0.25) is 0 Å². The van der Waals surface area contributed by atoms with Gasteiger partial charge < -0.3 is 0 Å². The van der Waals surface area contributed by atoms with Gasteiger partial charge in [-0.2, -0.15) is 5.10 Å². The van der Waals surface area contributed by atoms with Crippen LogP contribution in [0.15, 0.2) is 52.0 Å². The SMILES string of the molecule is Cc1ccc(Br)cc1S(=O)(=O)Nc1ccc2cn[nH]c2c1. The Kier molecular flexibility index (Phi) is 3.46. The summed E-state index contributed by atoms with van der Waals surface area (Å²) in [6, 6.07) is 10.4. The highest BCUT2D eigenvalue weighted by Gasteiger charge is 2.17. The van der Waals surface area contributed by atoms with E-state index in [2.05, 4.69) is 30.8 Å². The lowest BCUT2D eigenvalue weighted by molar-refractivity contribution is 0.600. The largest absolute Gasteiger partial charge is 0.280 e. The third-order valence-corrected chi connectivity index (χ3v) is 5.15. The summed E-state index contributed by atoms with van der Waals surface area (Å²) in [7, 11) is -3.63. The van der Waals surface area contributed by atoms with E-state index in [0.29, 0.717) is 11.3 Å². The van der Waals surface area contributed by atoms with Crippen LogP contribution >= 0.6 is 15.9 Å². The van der Waals surface area contributed by atoms with Crippen LogP contribution in [0.1, 0.15) is 5.56 Å². The Bertz CT molecular complexity index is 919. The van der Waals surface area contributed by atoms with E-state index in [1.54, 1.807) is 37.4 Å². The predicted octanol–water partition coefficient (Wildman–Crippen LogP) is 3.43. The van der Waals surface area contributed by atoms with Gasteiger partial charge in [0.25, 0.3) is 10.0 Å². The number of aromatic nitrogens is 2. The monoisotopic (exact) mass is 365 g/mol. The first-order valence-electron chi connectivity index (χ1n) is 6.18. The summed E-state index contributed by atoms with van der Waals surface area (Å²) in [6.07, 6.45) is 1.69. The number of aromatic amines is 1. The van der Waals surface area contributed by atoms with Crippen molar-refractivity contribution in [2.75, 3.05) is 4.72 Å². The molecule has 0 spiro atoms. The molecule has 1 aromatic heterocycles. The fourth-order valence-corrected chi connectivity index (χ4v) is 3.91. The minimum atomic E-state index is -3.63. The number of sulfonamides is 1. The molecule has 0 saturated heterocycles. The lowest BCUT2D eigenvalue weighted by Gasteiger charge is -2.10. The van der Waals surface area contributed by atoms with Gasteiger partial charge in [-0.1, -0.05) is 22.0 Å². The fraction of sp³-hybridized carbons (Fsp3) is 0.0714. The number of halogens is 1. The van der Waals surface area contributed by atoms with E-state index in [1.165, 1.54) is 0 Å². The van der Waals surface area contributed by atoms with E-state index in [9.17, 15) is 8.42 Å². The van der Waals surface area contributed by atoms with Crippen LogP contribution in [-0.4, -0.2) is 18.6 Å². The second kappa shape index (κ2) is 5.16. The molecule has 0 amide bonds. The van der Waals surface area contributed by atoms with Crippen molar-refractivity contribution in [2.45, 2.75) is 11.8 Å². The van der Waals surface area contributed by atoms with Gasteiger partial charge >= 0.3 is 0 Å². The Labute approximate surface area is 130 Å². The molecule has 0 aliphatic heterocycles. The molecule has 0 saturated carbocycles. The van der Waals surface area contributed by atoms with Crippen molar-refractivity contribution in [3.63, 3.8) is 0 Å². The summed E-state index contributed by atoms with van der Waals surface area (Å²) in [6.45, 7) is 1.76. The number of benzene rings is 2. The zero-order valence-electron chi connectivity index (χ0n) is 11.1. The number of nitrogens with zero attached hydrogens (tertiary/aromatic N) is 1. The summed E-state index contributed by atoms with van der Waals surface area (Å²) in [4.78, 5) is 0.251. The van der Waals surface area contributed by atoms with Crippen LogP contribution < -0.4 is 4.72 Å². The van der Waals surface area contributed by atoms with Gasteiger partial charge in [-0.3, -0.25) is 9.82 Å². The molecule has 2 aromatic carbocycles. The summed E-state index contributed by atoms with van der Waals surface area (Å²) in [5.74, 6) is 0. The van der Waals surface area contributed by atoms with Crippen LogP contribution in [0.3, 0.4) is 0 Å². The van der Waals surface area contributed by atoms with Crippen molar-refractivity contribution in [1.82, 2.24) is 10.2 Å². The molecular formula is C14H12BrN3O2S. The van der Waals surface area contributed by atoms with Gasteiger partial charge in [0.2, 0.25) is 0 Å². The molecule has 0 bridgehead atoms. The van der Waals surface area contributed by atoms with Crippen LogP contribution in [0, 0.1) is 6.92 Å². The van der Waals surface area contributed by atoms with Crippen molar-refractivity contribution in [3.8, 4) is 0 Å². The van der Waals surface area contributed by atoms with Crippen LogP contribution in [0.5, 0.6) is 0 Å². The molecule has 5 nitrogen and oxygen atoms in total. The Morgan fingerprint density at radius 2 is 2.00 bits per heavy atom. The van der Waals surface area contributed by atoms with E-state index in [-0.39, 0.29) is 4.90 Å². The average Bonchev–Trinajstić information content (AvgIpc) is 2.88. The van der Waals surface area contributed by atoms with Gasteiger partial charge in [0, 0.05) is 9.86 Å². The van der Waals surface area contributed by atoms with Gasteiger partial charge in [-0.05, 0) is 42.8 Å². The number of anilines is 1. The number of H-pyrrole nitrogens is 1. The maximum Gasteiger partial charge on any atom is 0.262 e. The zero-order valence-corrected chi connectivity index (χ0v) is 13.5. The standard InChI is InChI=1S/C14H12BrN3O2S/c1-9-2-4-11(15)6-14(9)21(19,20)18-12-5-3-10-8-16-17-13(10)7-12/h2-8,18H,1H3,(H,16,17). The lowest BCUT2D eigenvalue weighted by atomic mass is 10.2. The Morgan fingerprint density at radius 1 is 1.19 bits per heavy atom. The van der Waals surface area contributed by atoms with Crippen LogP contribution in [0.4, 0.5) is 5.69 Å². The number of rotatable bonds is 3. The van der Waals surface area contributed by atoms with Crippen molar-refractivity contribution < 1.29 is 8.42 Å². The Balaban J connectivity index is 2.00. The number of hydrogen-bond donors (Lipinski definition) is 2. The first-order chi connectivity index (χ1) is 9.95. The van der Waals surface area contributed by atoms with Gasteiger partial charge in [0.15, 0.2) is 0 Å². The highest BCUT2D eigenvalue weighted by Crippen LogP contribution is 2.24. The molecular weight excluding hydrogens is 354 g/mol. The summed E-state index contributed by atoms with van der Waals surface area (Å²) >= 11 is 3.30. The highest BCUT2D eigenvalue weighted by atomic mass is 79.9. The second-order valence-electron chi connectivity index (χ2n) is 4.69. The molecule has 0 radical (unpaired) electrons. The Hall–Kier alpha value is -1.86.